The minimum Gasteiger partial charge on any atom is -0.340 e. The number of carbonyl (C=O) groups is 2. The standard InChI is InChI=1S/C24H19ClN4O4/c25-19-9-6-17(7-10-19)24(32-12-13-33-24)18-8-11-21(28-22(30)15-27-29-26)20(14-18)23(31)16-4-2-1-3-5-16/h1-11,14H,12-13,15H2,(H,28,30). The van der Waals surface area contributed by atoms with Crippen LogP contribution in [-0.2, 0) is 20.1 Å². The van der Waals surface area contributed by atoms with E-state index >= 15 is 0 Å². The van der Waals surface area contributed by atoms with Crippen molar-refractivity contribution in [2.24, 2.45) is 5.11 Å². The van der Waals surface area contributed by atoms with Crippen molar-refractivity contribution >= 4 is 29.0 Å². The number of nitrogens with one attached hydrogen (secondary N) is 1. The van der Waals surface area contributed by atoms with Crippen molar-refractivity contribution in [1.82, 2.24) is 0 Å². The van der Waals surface area contributed by atoms with Crippen LogP contribution in [0.1, 0.15) is 27.0 Å². The fraction of sp³-hybridized carbons (Fsp3) is 0.167. The van der Waals surface area contributed by atoms with Crippen molar-refractivity contribution in [3.05, 3.63) is 111 Å². The number of amides is 1. The molecule has 0 bridgehead atoms. The topological polar surface area (TPSA) is 113 Å². The number of hydrogen-bond acceptors (Lipinski definition) is 5. The second-order valence-corrected chi connectivity index (χ2v) is 7.65. The summed E-state index contributed by atoms with van der Waals surface area (Å²) in [4.78, 5) is 28.2. The maximum absolute atomic E-state index is 13.4. The van der Waals surface area contributed by atoms with Crippen molar-refractivity contribution < 1.29 is 19.1 Å². The Labute approximate surface area is 194 Å². The van der Waals surface area contributed by atoms with Gasteiger partial charge in [0, 0.05) is 32.2 Å². The van der Waals surface area contributed by atoms with Crippen LogP contribution in [0, 0.1) is 0 Å². The molecule has 1 aliphatic rings. The predicted molar refractivity (Wildman–Crippen MR) is 123 cm³/mol. The second-order valence-electron chi connectivity index (χ2n) is 7.21. The van der Waals surface area contributed by atoms with Gasteiger partial charge in [0.2, 0.25) is 11.7 Å². The van der Waals surface area contributed by atoms with E-state index < -0.39 is 18.2 Å². The molecule has 0 aromatic heterocycles. The molecule has 0 spiro atoms. The third-order valence-corrected chi connectivity index (χ3v) is 5.40. The van der Waals surface area contributed by atoms with Crippen LogP contribution in [0.4, 0.5) is 5.69 Å². The molecule has 0 atom stereocenters. The molecular weight excluding hydrogens is 444 g/mol. The summed E-state index contributed by atoms with van der Waals surface area (Å²) in [5, 5.41) is 6.50. The highest BCUT2D eigenvalue weighted by atomic mass is 35.5. The van der Waals surface area contributed by atoms with Crippen LogP contribution in [0.2, 0.25) is 5.02 Å². The quantitative estimate of drug-likeness (QED) is 0.228. The molecule has 0 radical (unpaired) electrons. The maximum Gasteiger partial charge on any atom is 0.230 e. The molecule has 4 rings (SSSR count). The first kappa shape index (κ1) is 22.5. The van der Waals surface area contributed by atoms with E-state index in [1.807, 2.05) is 18.2 Å². The van der Waals surface area contributed by atoms with Gasteiger partial charge >= 0.3 is 0 Å². The number of ether oxygens (including phenoxy) is 2. The summed E-state index contributed by atoms with van der Waals surface area (Å²) >= 11 is 6.05. The van der Waals surface area contributed by atoms with E-state index in [2.05, 4.69) is 15.3 Å². The van der Waals surface area contributed by atoms with Crippen LogP contribution < -0.4 is 5.32 Å². The molecular formula is C24H19ClN4O4. The second kappa shape index (κ2) is 9.85. The lowest BCUT2D eigenvalue weighted by Crippen LogP contribution is -2.29. The molecule has 9 heteroatoms. The van der Waals surface area contributed by atoms with Crippen LogP contribution in [0.25, 0.3) is 10.4 Å². The molecule has 1 aliphatic heterocycles. The Morgan fingerprint density at radius 1 is 1.00 bits per heavy atom. The highest BCUT2D eigenvalue weighted by Gasteiger charge is 2.41. The number of benzene rings is 3. The third-order valence-electron chi connectivity index (χ3n) is 5.15. The van der Waals surface area contributed by atoms with Gasteiger partial charge in [-0.15, -0.1) is 0 Å². The summed E-state index contributed by atoms with van der Waals surface area (Å²) in [6, 6.07) is 20.8. The molecule has 1 N–H and O–H groups in total. The Kier molecular flexibility index (Phi) is 6.72. The van der Waals surface area contributed by atoms with E-state index in [1.165, 1.54) is 0 Å². The molecule has 166 valence electrons. The summed E-state index contributed by atoms with van der Waals surface area (Å²) in [6.45, 7) is 0.350. The van der Waals surface area contributed by atoms with Crippen LogP contribution in [0.15, 0.2) is 77.9 Å². The lowest BCUT2D eigenvalue weighted by molar-refractivity contribution is -0.129. The first-order chi connectivity index (χ1) is 16.0. The zero-order chi connectivity index (χ0) is 23.3. The summed E-state index contributed by atoms with van der Waals surface area (Å²) < 4.78 is 12.1. The summed E-state index contributed by atoms with van der Waals surface area (Å²) in [5.74, 6) is -2.05. The monoisotopic (exact) mass is 462 g/mol. The normalized spacial score (nSPS) is 14.3. The van der Waals surface area contributed by atoms with Gasteiger partial charge in [-0.3, -0.25) is 9.59 Å². The SMILES string of the molecule is [N-]=[N+]=NCC(=O)Nc1ccc(C2(c3ccc(Cl)cc3)OCCO2)cc1C(=O)c1ccccc1. The average molecular weight is 463 g/mol. The molecule has 1 heterocycles. The molecule has 33 heavy (non-hydrogen) atoms. The Hall–Kier alpha value is -3.68. The van der Waals surface area contributed by atoms with Crippen molar-refractivity contribution in [3.63, 3.8) is 0 Å². The Bertz CT molecular complexity index is 1220. The van der Waals surface area contributed by atoms with E-state index in [4.69, 9.17) is 26.6 Å². The van der Waals surface area contributed by atoms with Gasteiger partial charge in [-0.05, 0) is 29.8 Å². The molecule has 0 saturated carbocycles. The molecule has 0 aliphatic carbocycles. The minimum absolute atomic E-state index is 0.250. The Morgan fingerprint density at radius 3 is 2.33 bits per heavy atom. The molecule has 8 nitrogen and oxygen atoms in total. The van der Waals surface area contributed by atoms with Gasteiger partial charge in [0.05, 0.1) is 18.9 Å². The van der Waals surface area contributed by atoms with Crippen LogP contribution in [-0.4, -0.2) is 31.4 Å². The number of nitrogens with zero attached hydrogens (tertiary/aromatic N) is 3. The van der Waals surface area contributed by atoms with Gasteiger partial charge in [0.15, 0.2) is 5.78 Å². The number of anilines is 1. The predicted octanol–water partition coefficient (Wildman–Crippen LogP) is 5.07. The Morgan fingerprint density at radius 2 is 1.67 bits per heavy atom. The van der Waals surface area contributed by atoms with Gasteiger partial charge in [-0.25, -0.2) is 0 Å². The van der Waals surface area contributed by atoms with Crippen LogP contribution in [0.5, 0.6) is 0 Å². The van der Waals surface area contributed by atoms with Gasteiger partial charge in [0.1, 0.15) is 6.54 Å². The largest absolute Gasteiger partial charge is 0.340 e. The van der Waals surface area contributed by atoms with E-state index in [1.54, 1.807) is 54.6 Å². The molecule has 3 aromatic rings. The smallest absolute Gasteiger partial charge is 0.230 e. The number of halogens is 1. The molecule has 1 fully saturated rings. The highest BCUT2D eigenvalue weighted by Crippen LogP contribution is 2.40. The van der Waals surface area contributed by atoms with Gasteiger partial charge in [0.25, 0.3) is 0 Å². The first-order valence-corrected chi connectivity index (χ1v) is 10.5. The number of rotatable bonds is 7. The fourth-order valence-corrected chi connectivity index (χ4v) is 3.78. The van der Waals surface area contributed by atoms with Gasteiger partial charge in [-0.1, -0.05) is 65.2 Å². The molecule has 1 amide bonds. The molecule has 0 unspecified atom stereocenters. The zero-order valence-electron chi connectivity index (χ0n) is 17.4. The van der Waals surface area contributed by atoms with Crippen molar-refractivity contribution in [1.29, 1.82) is 0 Å². The van der Waals surface area contributed by atoms with Crippen LogP contribution in [0.3, 0.4) is 0 Å². The summed E-state index contributed by atoms with van der Waals surface area (Å²) in [5.41, 5.74) is 10.8. The van der Waals surface area contributed by atoms with E-state index in [0.717, 1.165) is 5.56 Å². The lowest BCUT2D eigenvalue weighted by atomic mass is 9.92. The van der Waals surface area contributed by atoms with E-state index in [-0.39, 0.29) is 17.0 Å². The maximum atomic E-state index is 13.4. The third kappa shape index (κ3) is 4.74. The average Bonchev–Trinajstić information content (AvgIpc) is 3.34. The van der Waals surface area contributed by atoms with Crippen molar-refractivity contribution in [3.8, 4) is 0 Å². The van der Waals surface area contributed by atoms with Crippen LogP contribution >= 0.6 is 11.6 Å². The molecule has 3 aromatic carbocycles. The number of ketones is 1. The van der Waals surface area contributed by atoms with E-state index in [0.29, 0.717) is 29.4 Å². The zero-order valence-corrected chi connectivity index (χ0v) is 18.2. The number of hydrogen-bond donors (Lipinski definition) is 1. The highest BCUT2D eigenvalue weighted by molar-refractivity contribution is 6.30. The summed E-state index contributed by atoms with van der Waals surface area (Å²) in [7, 11) is 0. The first-order valence-electron chi connectivity index (χ1n) is 10.1. The van der Waals surface area contributed by atoms with E-state index in [9.17, 15) is 9.59 Å². The Balaban J connectivity index is 1.81. The van der Waals surface area contributed by atoms with Crippen molar-refractivity contribution in [2.45, 2.75) is 5.79 Å². The summed E-state index contributed by atoms with van der Waals surface area (Å²) in [6.07, 6.45) is 0. The van der Waals surface area contributed by atoms with Crippen molar-refractivity contribution in [2.75, 3.05) is 25.1 Å². The van der Waals surface area contributed by atoms with Gasteiger partial charge in [-0.2, -0.15) is 0 Å². The molecule has 1 saturated heterocycles. The lowest BCUT2D eigenvalue weighted by Gasteiger charge is -2.29. The fourth-order valence-electron chi connectivity index (χ4n) is 3.66. The number of azide groups is 1. The number of carbonyl (C=O) groups excluding carboxylic acids is 2. The minimum atomic E-state index is -1.22. The van der Waals surface area contributed by atoms with Gasteiger partial charge < -0.3 is 14.8 Å².